The van der Waals surface area contributed by atoms with Gasteiger partial charge in [-0.1, -0.05) is 30.3 Å². The number of methoxy groups -OCH3 is 1. The normalized spacial score (nSPS) is 11.5. The fraction of sp³-hybridized carbons (Fsp3) is 0.188. The average Bonchev–Trinajstić information content (AvgIpc) is 2.48. The van der Waals surface area contributed by atoms with Gasteiger partial charge in [0.1, 0.15) is 11.5 Å². The number of carbonyl (C=O) groups excluding carboxylic acids is 1. The summed E-state index contributed by atoms with van der Waals surface area (Å²) in [7, 11) is 1.62. The van der Waals surface area contributed by atoms with E-state index >= 15 is 0 Å². The van der Waals surface area contributed by atoms with E-state index in [1.165, 1.54) is 0 Å². The molecule has 2 rings (SSSR count). The van der Waals surface area contributed by atoms with Crippen molar-refractivity contribution in [2.75, 3.05) is 7.11 Å². The van der Waals surface area contributed by atoms with Crippen molar-refractivity contribution in [3.63, 3.8) is 0 Å². The van der Waals surface area contributed by atoms with Crippen LogP contribution in [0.1, 0.15) is 18.5 Å². The summed E-state index contributed by atoms with van der Waals surface area (Å²) in [6, 6.07) is 16.4. The zero-order valence-corrected chi connectivity index (χ0v) is 11.5. The maximum atomic E-state index is 11.8. The molecule has 0 fully saturated rings. The van der Waals surface area contributed by atoms with Crippen LogP contribution in [-0.4, -0.2) is 13.2 Å². The van der Waals surface area contributed by atoms with Gasteiger partial charge >= 0.3 is 6.09 Å². The van der Waals surface area contributed by atoms with E-state index in [0.717, 1.165) is 11.3 Å². The average molecular weight is 271 g/mol. The molecule has 0 saturated carbocycles. The monoisotopic (exact) mass is 271 g/mol. The van der Waals surface area contributed by atoms with E-state index in [2.05, 4.69) is 5.32 Å². The Morgan fingerprint density at radius 3 is 2.25 bits per heavy atom. The lowest BCUT2D eigenvalue weighted by Gasteiger charge is -2.14. The second-order valence-electron chi connectivity index (χ2n) is 4.34. The molecule has 0 aliphatic carbocycles. The highest BCUT2D eigenvalue weighted by Crippen LogP contribution is 2.17. The molecular weight excluding hydrogens is 254 g/mol. The SMILES string of the molecule is COc1ccc([C@H](C)NC(=O)Oc2ccccc2)cc1. The molecule has 20 heavy (non-hydrogen) atoms. The van der Waals surface area contributed by atoms with Crippen molar-refractivity contribution in [1.82, 2.24) is 5.32 Å². The fourth-order valence-corrected chi connectivity index (χ4v) is 1.78. The summed E-state index contributed by atoms with van der Waals surface area (Å²) in [5, 5.41) is 2.78. The molecule has 1 atom stereocenters. The summed E-state index contributed by atoms with van der Waals surface area (Å²) in [5.74, 6) is 1.31. The number of amides is 1. The minimum absolute atomic E-state index is 0.142. The van der Waals surface area contributed by atoms with Gasteiger partial charge in [-0.15, -0.1) is 0 Å². The first kappa shape index (κ1) is 13.9. The molecular formula is C16H17NO3. The maximum Gasteiger partial charge on any atom is 0.413 e. The number of hydrogen-bond acceptors (Lipinski definition) is 3. The first-order chi connectivity index (χ1) is 9.69. The predicted octanol–water partition coefficient (Wildman–Crippen LogP) is 3.54. The van der Waals surface area contributed by atoms with Crippen LogP contribution in [-0.2, 0) is 0 Å². The molecule has 0 saturated heterocycles. The van der Waals surface area contributed by atoms with E-state index in [9.17, 15) is 4.79 Å². The van der Waals surface area contributed by atoms with Crippen molar-refractivity contribution in [3.8, 4) is 11.5 Å². The first-order valence-electron chi connectivity index (χ1n) is 6.36. The number of para-hydroxylation sites is 1. The van der Waals surface area contributed by atoms with Crippen molar-refractivity contribution in [3.05, 3.63) is 60.2 Å². The quantitative estimate of drug-likeness (QED) is 0.925. The highest BCUT2D eigenvalue weighted by atomic mass is 16.6. The van der Waals surface area contributed by atoms with Crippen LogP contribution in [0.5, 0.6) is 11.5 Å². The summed E-state index contributed by atoms with van der Waals surface area (Å²) in [6.45, 7) is 1.90. The lowest BCUT2D eigenvalue weighted by Crippen LogP contribution is -2.29. The number of rotatable bonds is 4. The Hall–Kier alpha value is -2.49. The summed E-state index contributed by atoms with van der Waals surface area (Å²) in [5.41, 5.74) is 0.982. The van der Waals surface area contributed by atoms with E-state index in [0.29, 0.717) is 5.75 Å². The van der Waals surface area contributed by atoms with Gasteiger partial charge in [0, 0.05) is 0 Å². The summed E-state index contributed by atoms with van der Waals surface area (Å²) in [6.07, 6.45) is -0.473. The Kier molecular flexibility index (Phi) is 4.60. The van der Waals surface area contributed by atoms with Crippen LogP contribution in [0.2, 0.25) is 0 Å². The molecule has 0 spiro atoms. The second-order valence-corrected chi connectivity index (χ2v) is 4.34. The molecule has 104 valence electrons. The number of nitrogens with one attached hydrogen (secondary N) is 1. The van der Waals surface area contributed by atoms with Crippen molar-refractivity contribution in [1.29, 1.82) is 0 Å². The minimum Gasteiger partial charge on any atom is -0.497 e. The van der Waals surface area contributed by atoms with E-state index in [1.54, 1.807) is 19.2 Å². The van der Waals surface area contributed by atoms with Crippen LogP contribution < -0.4 is 14.8 Å². The van der Waals surface area contributed by atoms with Gasteiger partial charge < -0.3 is 14.8 Å². The summed E-state index contributed by atoms with van der Waals surface area (Å²) >= 11 is 0. The van der Waals surface area contributed by atoms with Crippen LogP contribution in [0.4, 0.5) is 4.79 Å². The van der Waals surface area contributed by atoms with Crippen LogP contribution in [0.25, 0.3) is 0 Å². The van der Waals surface area contributed by atoms with Crippen molar-refractivity contribution < 1.29 is 14.3 Å². The Morgan fingerprint density at radius 2 is 1.65 bits per heavy atom. The second kappa shape index (κ2) is 6.61. The first-order valence-corrected chi connectivity index (χ1v) is 6.36. The Bertz CT molecular complexity index is 552. The van der Waals surface area contributed by atoms with Crippen LogP contribution >= 0.6 is 0 Å². The summed E-state index contributed by atoms with van der Waals surface area (Å²) in [4.78, 5) is 11.8. The number of hydrogen-bond donors (Lipinski definition) is 1. The number of carbonyl (C=O) groups is 1. The highest BCUT2D eigenvalue weighted by Gasteiger charge is 2.11. The zero-order chi connectivity index (χ0) is 14.4. The molecule has 2 aromatic rings. The Morgan fingerprint density at radius 1 is 1.00 bits per heavy atom. The third-order valence-corrected chi connectivity index (χ3v) is 2.90. The molecule has 0 aliphatic heterocycles. The molecule has 1 N–H and O–H groups in total. The van der Waals surface area contributed by atoms with Gasteiger partial charge in [0.15, 0.2) is 0 Å². The van der Waals surface area contributed by atoms with Crippen LogP contribution in [0.15, 0.2) is 54.6 Å². The topological polar surface area (TPSA) is 47.6 Å². The lowest BCUT2D eigenvalue weighted by molar-refractivity contribution is 0.197. The van der Waals surface area contributed by atoms with Crippen LogP contribution in [0.3, 0.4) is 0 Å². The molecule has 4 heteroatoms. The number of benzene rings is 2. The minimum atomic E-state index is -0.473. The van der Waals surface area contributed by atoms with Crippen molar-refractivity contribution in [2.24, 2.45) is 0 Å². The van der Waals surface area contributed by atoms with E-state index < -0.39 is 6.09 Å². The van der Waals surface area contributed by atoms with Gasteiger partial charge in [-0.25, -0.2) is 4.79 Å². The van der Waals surface area contributed by atoms with Gasteiger partial charge in [-0.3, -0.25) is 0 Å². The van der Waals surface area contributed by atoms with Gasteiger partial charge in [-0.2, -0.15) is 0 Å². The molecule has 0 radical (unpaired) electrons. The fourth-order valence-electron chi connectivity index (χ4n) is 1.78. The Labute approximate surface area is 118 Å². The third-order valence-electron chi connectivity index (χ3n) is 2.90. The molecule has 4 nitrogen and oxygen atoms in total. The van der Waals surface area contributed by atoms with E-state index in [-0.39, 0.29) is 6.04 Å². The predicted molar refractivity (Wildman–Crippen MR) is 77.0 cm³/mol. The van der Waals surface area contributed by atoms with Crippen molar-refractivity contribution >= 4 is 6.09 Å². The standard InChI is InChI=1S/C16H17NO3/c1-12(13-8-10-14(19-2)11-9-13)17-16(18)20-15-6-4-3-5-7-15/h3-12H,1-2H3,(H,17,18)/t12-/m0/s1. The zero-order valence-electron chi connectivity index (χ0n) is 11.5. The van der Waals surface area contributed by atoms with E-state index in [4.69, 9.17) is 9.47 Å². The van der Waals surface area contributed by atoms with Crippen molar-refractivity contribution in [2.45, 2.75) is 13.0 Å². The van der Waals surface area contributed by atoms with E-state index in [1.807, 2.05) is 49.4 Å². The van der Waals surface area contributed by atoms with Gasteiger partial charge in [0.2, 0.25) is 0 Å². The Balaban J connectivity index is 1.93. The lowest BCUT2D eigenvalue weighted by atomic mass is 10.1. The maximum absolute atomic E-state index is 11.8. The van der Waals surface area contributed by atoms with Gasteiger partial charge in [0.05, 0.1) is 13.2 Å². The molecule has 1 amide bonds. The van der Waals surface area contributed by atoms with Crippen LogP contribution in [0, 0.1) is 0 Å². The molecule has 0 aromatic heterocycles. The largest absolute Gasteiger partial charge is 0.497 e. The molecule has 0 aliphatic rings. The highest BCUT2D eigenvalue weighted by molar-refractivity contribution is 5.70. The molecule has 0 bridgehead atoms. The van der Waals surface area contributed by atoms with Gasteiger partial charge in [0.25, 0.3) is 0 Å². The smallest absolute Gasteiger partial charge is 0.413 e. The molecule has 0 unspecified atom stereocenters. The van der Waals surface area contributed by atoms with Gasteiger partial charge in [-0.05, 0) is 36.8 Å². The number of ether oxygens (including phenoxy) is 2. The molecule has 2 aromatic carbocycles. The summed E-state index contributed by atoms with van der Waals surface area (Å²) < 4.78 is 10.3. The third kappa shape index (κ3) is 3.75. The molecule has 0 heterocycles.